The van der Waals surface area contributed by atoms with Gasteiger partial charge in [0.15, 0.2) is 0 Å². The third kappa shape index (κ3) is 22.9. The fourth-order valence-corrected chi connectivity index (χ4v) is 2.07. The van der Waals surface area contributed by atoms with E-state index in [2.05, 4.69) is 0 Å². The van der Waals surface area contributed by atoms with Crippen molar-refractivity contribution in [3.8, 4) is 0 Å². The average molecular weight is 278 g/mol. The molecule has 0 rings (SSSR count). The summed E-state index contributed by atoms with van der Waals surface area (Å²) < 4.78 is 0. The Morgan fingerprint density at radius 3 is 1.41 bits per heavy atom. The summed E-state index contributed by atoms with van der Waals surface area (Å²) in [6, 6.07) is 0. The Morgan fingerprint density at radius 1 is 0.765 bits per heavy atom. The molecule has 0 aliphatic carbocycles. The van der Waals surface area contributed by atoms with Crippen molar-refractivity contribution < 1.29 is 78.9 Å². The molecule has 7 heteroatoms. The quantitative estimate of drug-likeness (QED) is 0.293. The Balaban J connectivity index is -0.000000980. The Bertz CT molecular complexity index is 183. The van der Waals surface area contributed by atoms with Crippen LogP contribution in [-0.2, 0) is 9.59 Å². The van der Waals surface area contributed by atoms with Gasteiger partial charge in [-0.05, 0) is 50.0 Å². The molecule has 0 aliphatic heterocycles. The first-order valence-corrected chi connectivity index (χ1v) is 6.26. The van der Waals surface area contributed by atoms with Crippen molar-refractivity contribution in [1.29, 1.82) is 0 Å². The summed E-state index contributed by atoms with van der Waals surface area (Å²) in [4.78, 5) is 20.1. The third-order valence-corrected chi connectivity index (χ3v) is 2.99. The van der Waals surface area contributed by atoms with Gasteiger partial charge in [0.05, 0.1) is 0 Å². The fraction of sp³-hybridized carbons (Fsp3) is 0.800. The van der Waals surface area contributed by atoms with E-state index in [0.29, 0.717) is 12.8 Å². The third-order valence-electron chi connectivity index (χ3n) is 1.84. The first-order valence-electron chi connectivity index (χ1n) is 5.10. The van der Waals surface area contributed by atoms with Gasteiger partial charge in [-0.1, -0.05) is 0 Å². The van der Waals surface area contributed by atoms with Gasteiger partial charge < -0.3 is 19.8 Å². The fourth-order valence-electron chi connectivity index (χ4n) is 1.05. The number of carboxylic acids is 2. The molecule has 0 saturated heterocycles. The minimum Gasteiger partial charge on any atom is -0.550 e. The molecule has 0 bridgehead atoms. The molecule has 0 aromatic rings. The number of unbranched alkanes of at least 4 members (excludes halogenated alkanes) is 2. The Morgan fingerprint density at radius 2 is 1.12 bits per heavy atom. The first kappa shape index (κ1) is 23.4. The largest absolute Gasteiger partial charge is 1.00 e. The Kier molecular flexibility index (Phi) is 23.8. The average Bonchev–Trinajstić information content (AvgIpc) is 2.14. The number of carbonyl (C=O) groups is 2. The van der Waals surface area contributed by atoms with E-state index in [0.717, 1.165) is 24.3 Å². The molecule has 0 N–H and O–H groups in total. The number of aliphatic carboxylic acids is 2. The number of rotatable bonds is 10. The molecule has 0 radical (unpaired) electrons. The predicted molar refractivity (Wildman–Crippen MR) is 55.0 cm³/mol. The molecule has 0 saturated carbocycles. The van der Waals surface area contributed by atoms with Crippen molar-refractivity contribution in [2.75, 3.05) is 11.5 Å². The molecule has 0 spiro atoms. The summed E-state index contributed by atoms with van der Waals surface area (Å²) in [6.07, 6.45) is 3.33. The second-order valence-electron chi connectivity index (χ2n) is 3.27. The van der Waals surface area contributed by atoms with E-state index < -0.39 is 11.9 Å². The number of hydrogen-bond acceptors (Lipinski definition) is 5. The molecule has 0 heterocycles. The van der Waals surface area contributed by atoms with Crippen molar-refractivity contribution in [3.63, 3.8) is 0 Å². The van der Waals surface area contributed by atoms with Crippen LogP contribution in [0, 0.1) is 0 Å². The van der Waals surface area contributed by atoms with E-state index in [1.807, 2.05) is 0 Å². The predicted octanol–water partition coefficient (Wildman–Crippen LogP) is -6.43. The smallest absolute Gasteiger partial charge is 0.550 e. The zero-order valence-electron chi connectivity index (χ0n) is 10.7. The van der Waals surface area contributed by atoms with E-state index in [1.165, 1.54) is 0 Å². The second-order valence-corrected chi connectivity index (χ2v) is 4.50. The topological polar surface area (TPSA) is 80.3 Å². The molecule has 0 fully saturated rings. The molecule has 0 amide bonds. The van der Waals surface area contributed by atoms with Gasteiger partial charge >= 0.3 is 59.1 Å². The summed E-state index contributed by atoms with van der Waals surface area (Å²) >= 11 is 1.73. The summed E-state index contributed by atoms with van der Waals surface area (Å²) in [5.74, 6) is -0.125. The molecule has 88 valence electrons. The van der Waals surface area contributed by atoms with Crippen molar-refractivity contribution >= 4 is 23.7 Å². The standard InChI is InChI=1S/C10H18O4S.2Na/c11-9(12)5-1-3-7-15-8-4-2-6-10(13)14;;/h1-8H2,(H,11,12)(H,13,14);;/q;2*+1/p-2. The van der Waals surface area contributed by atoms with Crippen molar-refractivity contribution in [2.24, 2.45) is 0 Å². The van der Waals surface area contributed by atoms with Crippen LogP contribution < -0.4 is 69.3 Å². The van der Waals surface area contributed by atoms with E-state index >= 15 is 0 Å². The molecular weight excluding hydrogens is 262 g/mol. The first-order chi connectivity index (χ1) is 7.13. The number of carbonyl (C=O) groups excluding carboxylic acids is 2. The maximum atomic E-state index is 10.1. The zero-order valence-corrected chi connectivity index (χ0v) is 15.5. The minimum atomic E-state index is -0.992. The number of carboxylic acid groups (broad SMARTS) is 2. The van der Waals surface area contributed by atoms with Gasteiger partial charge in [-0.15, -0.1) is 0 Å². The monoisotopic (exact) mass is 278 g/mol. The van der Waals surface area contributed by atoms with Crippen molar-refractivity contribution in [3.05, 3.63) is 0 Å². The van der Waals surface area contributed by atoms with Gasteiger partial charge in [0.2, 0.25) is 0 Å². The van der Waals surface area contributed by atoms with Gasteiger partial charge in [-0.2, -0.15) is 11.8 Å². The van der Waals surface area contributed by atoms with E-state index in [-0.39, 0.29) is 72.0 Å². The van der Waals surface area contributed by atoms with Gasteiger partial charge in [0, 0.05) is 11.9 Å². The van der Waals surface area contributed by atoms with Crippen LogP contribution in [-0.4, -0.2) is 23.4 Å². The van der Waals surface area contributed by atoms with E-state index in [4.69, 9.17) is 0 Å². The molecule has 0 aromatic carbocycles. The van der Waals surface area contributed by atoms with Gasteiger partial charge in [0.1, 0.15) is 0 Å². The summed E-state index contributed by atoms with van der Waals surface area (Å²) in [5.41, 5.74) is 0. The van der Waals surface area contributed by atoms with Crippen LogP contribution in [0.4, 0.5) is 0 Å². The van der Waals surface area contributed by atoms with Crippen LogP contribution in [0.15, 0.2) is 0 Å². The Hall–Kier alpha value is 1.29. The van der Waals surface area contributed by atoms with Gasteiger partial charge in [-0.25, -0.2) is 0 Å². The molecule has 0 aliphatic rings. The molecule has 17 heavy (non-hydrogen) atoms. The second kappa shape index (κ2) is 17.3. The van der Waals surface area contributed by atoms with Crippen molar-refractivity contribution in [2.45, 2.75) is 38.5 Å². The maximum absolute atomic E-state index is 10.1. The van der Waals surface area contributed by atoms with Crippen LogP contribution in [0.3, 0.4) is 0 Å². The molecule has 0 aromatic heterocycles. The molecule has 4 nitrogen and oxygen atoms in total. The van der Waals surface area contributed by atoms with Crippen LogP contribution in [0.25, 0.3) is 0 Å². The van der Waals surface area contributed by atoms with Crippen LogP contribution >= 0.6 is 11.8 Å². The number of thioether (sulfide) groups is 1. The number of hydrogen-bond donors (Lipinski definition) is 0. The molecule has 0 atom stereocenters. The van der Waals surface area contributed by atoms with Gasteiger partial charge in [0.25, 0.3) is 0 Å². The van der Waals surface area contributed by atoms with E-state index in [1.54, 1.807) is 11.8 Å². The minimum absolute atomic E-state index is 0. The summed E-state index contributed by atoms with van der Waals surface area (Å²) in [6.45, 7) is 0. The van der Waals surface area contributed by atoms with Crippen LogP contribution in [0.1, 0.15) is 38.5 Å². The molecular formula is C10H16Na2O4S. The molecule has 0 unspecified atom stereocenters. The Labute approximate surface area is 151 Å². The van der Waals surface area contributed by atoms with Gasteiger partial charge in [-0.3, -0.25) is 0 Å². The van der Waals surface area contributed by atoms with E-state index in [9.17, 15) is 19.8 Å². The van der Waals surface area contributed by atoms with Crippen LogP contribution in [0.5, 0.6) is 0 Å². The zero-order chi connectivity index (χ0) is 11.5. The maximum Gasteiger partial charge on any atom is 1.00 e. The van der Waals surface area contributed by atoms with Crippen molar-refractivity contribution in [1.82, 2.24) is 0 Å². The summed E-state index contributed by atoms with van der Waals surface area (Å²) in [7, 11) is 0. The summed E-state index contributed by atoms with van der Waals surface area (Å²) in [5, 5.41) is 20.1. The SMILES string of the molecule is O=C([O-])CCCCSCCCCC(=O)[O-].[Na+].[Na+]. The van der Waals surface area contributed by atoms with Crippen LogP contribution in [0.2, 0.25) is 0 Å². The normalized spacial score (nSPS) is 8.94.